The average molecular weight is 418 g/mol. The number of carbonyl (C=O) groups is 1. The SMILES string of the molecule is CCCCNC(=O)c1cc(NS(=O)(=O)c2ccccc2)cnc1N1CCNCC1. The van der Waals surface area contributed by atoms with Gasteiger partial charge in [0, 0.05) is 32.7 Å². The fraction of sp³-hybridized carbons (Fsp3) is 0.400. The summed E-state index contributed by atoms with van der Waals surface area (Å²) < 4.78 is 27.8. The monoisotopic (exact) mass is 417 g/mol. The predicted molar refractivity (Wildman–Crippen MR) is 114 cm³/mol. The lowest BCUT2D eigenvalue weighted by molar-refractivity contribution is 0.0953. The number of aromatic nitrogens is 1. The van der Waals surface area contributed by atoms with E-state index in [1.165, 1.54) is 18.3 Å². The summed E-state index contributed by atoms with van der Waals surface area (Å²) in [5, 5.41) is 6.18. The van der Waals surface area contributed by atoms with Crippen molar-refractivity contribution in [1.82, 2.24) is 15.6 Å². The maximum absolute atomic E-state index is 12.8. The summed E-state index contributed by atoms with van der Waals surface area (Å²) in [4.78, 5) is 19.4. The summed E-state index contributed by atoms with van der Waals surface area (Å²) in [5.41, 5.74) is 0.629. The second kappa shape index (κ2) is 9.71. The van der Waals surface area contributed by atoms with Crippen LogP contribution in [0.5, 0.6) is 0 Å². The Morgan fingerprint density at radius 3 is 2.62 bits per heavy atom. The van der Waals surface area contributed by atoms with Crippen LogP contribution in [0.2, 0.25) is 0 Å². The number of nitrogens with zero attached hydrogens (tertiary/aromatic N) is 2. The maximum atomic E-state index is 12.8. The van der Waals surface area contributed by atoms with Gasteiger partial charge in [-0.3, -0.25) is 9.52 Å². The number of unbranched alkanes of at least 4 members (excludes halogenated alkanes) is 1. The third-order valence-electron chi connectivity index (χ3n) is 4.65. The highest BCUT2D eigenvalue weighted by atomic mass is 32.2. The molecule has 3 N–H and O–H groups in total. The van der Waals surface area contributed by atoms with Crippen molar-refractivity contribution >= 4 is 27.4 Å². The molecule has 29 heavy (non-hydrogen) atoms. The van der Waals surface area contributed by atoms with E-state index in [4.69, 9.17) is 0 Å². The number of piperazine rings is 1. The Bertz CT molecular complexity index is 928. The summed E-state index contributed by atoms with van der Waals surface area (Å²) >= 11 is 0. The quantitative estimate of drug-likeness (QED) is 0.566. The number of pyridine rings is 1. The fourth-order valence-corrected chi connectivity index (χ4v) is 4.15. The van der Waals surface area contributed by atoms with Gasteiger partial charge in [0.15, 0.2) is 0 Å². The van der Waals surface area contributed by atoms with E-state index in [0.717, 1.165) is 39.0 Å². The highest BCUT2D eigenvalue weighted by molar-refractivity contribution is 7.92. The van der Waals surface area contributed by atoms with Crippen LogP contribution in [0.1, 0.15) is 30.1 Å². The van der Waals surface area contributed by atoms with E-state index in [2.05, 4.69) is 27.3 Å². The Kier molecular flexibility index (Phi) is 7.05. The molecule has 9 heteroatoms. The van der Waals surface area contributed by atoms with Gasteiger partial charge < -0.3 is 15.5 Å². The van der Waals surface area contributed by atoms with Gasteiger partial charge in [-0.15, -0.1) is 0 Å². The molecule has 8 nitrogen and oxygen atoms in total. The molecule has 1 aliphatic rings. The molecule has 0 aliphatic carbocycles. The van der Waals surface area contributed by atoms with Crippen molar-refractivity contribution in [1.29, 1.82) is 0 Å². The third-order valence-corrected chi connectivity index (χ3v) is 6.05. The van der Waals surface area contributed by atoms with Gasteiger partial charge in [-0.05, 0) is 24.6 Å². The van der Waals surface area contributed by atoms with Crippen LogP contribution in [0.4, 0.5) is 11.5 Å². The van der Waals surface area contributed by atoms with Gasteiger partial charge >= 0.3 is 0 Å². The molecule has 1 amide bonds. The number of carbonyl (C=O) groups excluding carboxylic acids is 1. The van der Waals surface area contributed by atoms with Crippen molar-refractivity contribution in [3.63, 3.8) is 0 Å². The molecule has 0 bridgehead atoms. The van der Waals surface area contributed by atoms with Crippen molar-refractivity contribution in [2.75, 3.05) is 42.3 Å². The van der Waals surface area contributed by atoms with Crippen molar-refractivity contribution < 1.29 is 13.2 Å². The number of rotatable bonds is 8. The molecule has 0 spiro atoms. The minimum atomic E-state index is -3.76. The zero-order chi connectivity index (χ0) is 20.7. The normalized spacial score (nSPS) is 14.4. The molecule has 1 saturated heterocycles. The molecule has 3 rings (SSSR count). The van der Waals surface area contributed by atoms with Crippen LogP contribution in [0.25, 0.3) is 0 Å². The van der Waals surface area contributed by atoms with Crippen molar-refractivity contribution in [2.24, 2.45) is 0 Å². The molecule has 0 atom stereocenters. The molecule has 0 saturated carbocycles. The molecular formula is C20H27N5O3S. The fourth-order valence-electron chi connectivity index (χ4n) is 3.10. The van der Waals surface area contributed by atoms with E-state index in [1.807, 2.05) is 4.90 Å². The largest absolute Gasteiger partial charge is 0.353 e. The van der Waals surface area contributed by atoms with Crippen LogP contribution in [-0.4, -0.2) is 52.0 Å². The van der Waals surface area contributed by atoms with Crippen LogP contribution >= 0.6 is 0 Å². The summed E-state index contributed by atoms with van der Waals surface area (Å²) in [7, 11) is -3.76. The molecule has 156 valence electrons. The molecular weight excluding hydrogens is 390 g/mol. The number of nitrogens with one attached hydrogen (secondary N) is 3. The van der Waals surface area contributed by atoms with E-state index in [9.17, 15) is 13.2 Å². The first-order valence-electron chi connectivity index (χ1n) is 9.83. The van der Waals surface area contributed by atoms with E-state index in [0.29, 0.717) is 17.9 Å². The lowest BCUT2D eigenvalue weighted by atomic mass is 10.2. The Labute approximate surface area is 171 Å². The predicted octanol–water partition coefficient (Wildman–Crippen LogP) is 1.82. The zero-order valence-electron chi connectivity index (χ0n) is 16.5. The summed E-state index contributed by atoms with van der Waals surface area (Å²) in [6.45, 7) is 5.70. The lowest BCUT2D eigenvalue weighted by Crippen LogP contribution is -2.44. The molecule has 0 unspecified atom stereocenters. The van der Waals surface area contributed by atoms with Crippen molar-refractivity contribution in [2.45, 2.75) is 24.7 Å². The van der Waals surface area contributed by atoms with Crippen LogP contribution in [0, 0.1) is 0 Å². The van der Waals surface area contributed by atoms with E-state index in [-0.39, 0.29) is 16.5 Å². The number of amides is 1. The van der Waals surface area contributed by atoms with E-state index < -0.39 is 10.0 Å². The van der Waals surface area contributed by atoms with Crippen molar-refractivity contribution in [3.8, 4) is 0 Å². The van der Waals surface area contributed by atoms with Gasteiger partial charge in [0.2, 0.25) is 0 Å². The second-order valence-corrected chi connectivity index (χ2v) is 8.54. The van der Waals surface area contributed by atoms with Gasteiger partial charge in [-0.25, -0.2) is 13.4 Å². The topological polar surface area (TPSA) is 103 Å². The minimum absolute atomic E-state index is 0.153. The molecule has 2 heterocycles. The zero-order valence-corrected chi connectivity index (χ0v) is 17.3. The number of hydrogen-bond acceptors (Lipinski definition) is 6. The maximum Gasteiger partial charge on any atom is 0.261 e. The molecule has 1 aromatic carbocycles. The van der Waals surface area contributed by atoms with Gasteiger partial charge in [0.25, 0.3) is 15.9 Å². The van der Waals surface area contributed by atoms with Gasteiger partial charge in [-0.2, -0.15) is 0 Å². The summed E-state index contributed by atoms with van der Waals surface area (Å²) in [6.07, 6.45) is 3.31. The summed E-state index contributed by atoms with van der Waals surface area (Å²) in [6, 6.07) is 9.67. The number of anilines is 2. The van der Waals surface area contributed by atoms with Crippen LogP contribution in [-0.2, 0) is 10.0 Å². The standard InChI is InChI=1S/C20H27N5O3S/c1-2-3-9-22-20(26)18-14-16(15-23-19(18)25-12-10-21-11-13-25)24-29(27,28)17-7-5-4-6-8-17/h4-8,14-15,21,24H,2-3,9-13H2,1H3,(H,22,26). The molecule has 0 radical (unpaired) electrons. The second-order valence-electron chi connectivity index (χ2n) is 6.86. The Morgan fingerprint density at radius 2 is 1.93 bits per heavy atom. The van der Waals surface area contributed by atoms with Gasteiger partial charge in [-0.1, -0.05) is 31.5 Å². The Balaban J connectivity index is 1.89. The molecule has 2 aromatic rings. The van der Waals surface area contributed by atoms with Crippen LogP contribution in [0.3, 0.4) is 0 Å². The first kappa shape index (κ1) is 21.1. The average Bonchev–Trinajstić information content (AvgIpc) is 2.75. The minimum Gasteiger partial charge on any atom is -0.353 e. The molecule has 1 fully saturated rings. The lowest BCUT2D eigenvalue weighted by Gasteiger charge is -2.30. The number of benzene rings is 1. The Hall–Kier alpha value is -2.65. The van der Waals surface area contributed by atoms with Crippen molar-refractivity contribution in [3.05, 3.63) is 48.2 Å². The number of hydrogen-bond donors (Lipinski definition) is 3. The third kappa shape index (κ3) is 5.45. The number of sulfonamides is 1. The highest BCUT2D eigenvalue weighted by Crippen LogP contribution is 2.24. The van der Waals surface area contributed by atoms with Crippen LogP contribution < -0.4 is 20.3 Å². The first-order valence-corrected chi connectivity index (χ1v) is 11.3. The van der Waals surface area contributed by atoms with E-state index in [1.54, 1.807) is 24.3 Å². The van der Waals surface area contributed by atoms with E-state index >= 15 is 0 Å². The highest BCUT2D eigenvalue weighted by Gasteiger charge is 2.22. The molecule has 1 aromatic heterocycles. The summed E-state index contributed by atoms with van der Waals surface area (Å²) in [5.74, 6) is 0.323. The Morgan fingerprint density at radius 1 is 1.21 bits per heavy atom. The molecule has 1 aliphatic heterocycles. The smallest absolute Gasteiger partial charge is 0.261 e. The first-order chi connectivity index (χ1) is 14.0. The van der Waals surface area contributed by atoms with Crippen LogP contribution in [0.15, 0.2) is 47.5 Å². The van der Waals surface area contributed by atoms with Gasteiger partial charge in [0.05, 0.1) is 22.3 Å². The van der Waals surface area contributed by atoms with Gasteiger partial charge in [0.1, 0.15) is 5.82 Å².